The minimum absolute atomic E-state index is 0.0760. The van der Waals surface area contributed by atoms with Crippen molar-refractivity contribution in [2.75, 3.05) is 6.54 Å². The van der Waals surface area contributed by atoms with Crippen molar-refractivity contribution in [3.63, 3.8) is 0 Å². The van der Waals surface area contributed by atoms with Crippen LogP contribution in [0.2, 0.25) is 0 Å². The van der Waals surface area contributed by atoms with E-state index in [1.807, 2.05) is 13.8 Å². The summed E-state index contributed by atoms with van der Waals surface area (Å²) in [5, 5.41) is 13.0. The zero-order valence-electron chi connectivity index (χ0n) is 11.8. The van der Waals surface area contributed by atoms with Crippen LogP contribution in [0.5, 0.6) is 5.75 Å². The highest BCUT2D eigenvalue weighted by Gasteiger charge is 2.31. The lowest BCUT2D eigenvalue weighted by atomic mass is 10.0. The van der Waals surface area contributed by atoms with Crippen molar-refractivity contribution in [3.8, 4) is 5.75 Å². The van der Waals surface area contributed by atoms with Crippen LogP contribution in [0.4, 0.5) is 13.2 Å². The summed E-state index contributed by atoms with van der Waals surface area (Å²) in [6, 6.07) is 5.62. The van der Waals surface area contributed by atoms with Crippen LogP contribution in [0, 0.1) is 0 Å². The number of halogens is 3. The summed E-state index contributed by atoms with van der Waals surface area (Å²) in [6.07, 6.45) is -4.06. The molecular weight excluding hydrogens is 271 g/mol. The first-order valence-electron chi connectivity index (χ1n) is 6.44. The molecule has 1 aromatic rings. The van der Waals surface area contributed by atoms with Crippen LogP contribution >= 0.6 is 0 Å². The molecule has 2 unspecified atom stereocenters. The van der Waals surface area contributed by atoms with Crippen LogP contribution in [0.3, 0.4) is 0 Å². The molecule has 0 amide bonds. The van der Waals surface area contributed by atoms with Crippen molar-refractivity contribution < 1.29 is 23.0 Å². The van der Waals surface area contributed by atoms with E-state index in [0.29, 0.717) is 13.0 Å². The fourth-order valence-electron chi connectivity index (χ4n) is 1.57. The van der Waals surface area contributed by atoms with E-state index < -0.39 is 12.0 Å². The van der Waals surface area contributed by atoms with Gasteiger partial charge in [-0.3, -0.25) is 0 Å². The molecule has 0 heterocycles. The van der Waals surface area contributed by atoms with Crippen LogP contribution < -0.4 is 10.1 Å². The number of rotatable bonds is 6. The molecule has 0 spiro atoms. The normalized spacial score (nSPS) is 16.6. The van der Waals surface area contributed by atoms with Crippen LogP contribution in [-0.2, 0) is 0 Å². The standard InChI is InChI=1S/C14H20F3NO2/c1-4-13(3,19)9-18-10(2)11-5-7-12(8-6-11)20-14(15,16)17/h5-8,10,18-19H,4,9H2,1-3H3. The average molecular weight is 291 g/mol. The van der Waals surface area contributed by atoms with Crippen LogP contribution in [0.1, 0.15) is 38.8 Å². The highest BCUT2D eigenvalue weighted by Crippen LogP contribution is 2.24. The second kappa shape index (κ2) is 6.45. The number of alkyl halides is 3. The zero-order valence-corrected chi connectivity index (χ0v) is 11.8. The topological polar surface area (TPSA) is 41.5 Å². The maximum atomic E-state index is 12.0. The van der Waals surface area contributed by atoms with Gasteiger partial charge in [-0.15, -0.1) is 13.2 Å². The lowest BCUT2D eigenvalue weighted by Gasteiger charge is -2.24. The van der Waals surface area contributed by atoms with Crippen molar-refractivity contribution in [2.24, 2.45) is 0 Å². The van der Waals surface area contributed by atoms with Gasteiger partial charge in [0, 0.05) is 12.6 Å². The fraction of sp³-hybridized carbons (Fsp3) is 0.571. The fourth-order valence-corrected chi connectivity index (χ4v) is 1.57. The van der Waals surface area contributed by atoms with E-state index in [2.05, 4.69) is 10.1 Å². The quantitative estimate of drug-likeness (QED) is 0.844. The Balaban J connectivity index is 2.60. The molecule has 0 aromatic heterocycles. The summed E-state index contributed by atoms with van der Waals surface area (Å²) in [7, 11) is 0. The molecule has 0 fully saturated rings. The summed E-state index contributed by atoms with van der Waals surface area (Å²) in [5.41, 5.74) is 0.0274. The second-order valence-electron chi connectivity index (χ2n) is 5.07. The molecule has 1 aromatic carbocycles. The minimum Gasteiger partial charge on any atom is -0.406 e. The van der Waals surface area contributed by atoms with Gasteiger partial charge < -0.3 is 15.2 Å². The third-order valence-electron chi connectivity index (χ3n) is 3.16. The van der Waals surface area contributed by atoms with E-state index in [9.17, 15) is 18.3 Å². The highest BCUT2D eigenvalue weighted by atomic mass is 19.4. The van der Waals surface area contributed by atoms with Gasteiger partial charge in [0.05, 0.1) is 5.60 Å². The summed E-state index contributed by atoms with van der Waals surface area (Å²) in [5.74, 6) is -0.242. The molecule has 0 aliphatic rings. The molecule has 0 bridgehead atoms. The molecule has 0 aliphatic heterocycles. The molecule has 3 nitrogen and oxygen atoms in total. The van der Waals surface area contributed by atoms with Gasteiger partial charge in [-0.25, -0.2) is 0 Å². The average Bonchev–Trinajstić information content (AvgIpc) is 2.35. The Bertz CT molecular complexity index is 415. The Kier molecular flexibility index (Phi) is 5.42. The first-order valence-corrected chi connectivity index (χ1v) is 6.44. The number of ether oxygens (including phenoxy) is 1. The molecule has 114 valence electrons. The van der Waals surface area contributed by atoms with Gasteiger partial charge in [0.2, 0.25) is 0 Å². The van der Waals surface area contributed by atoms with Gasteiger partial charge in [0.1, 0.15) is 5.75 Å². The largest absolute Gasteiger partial charge is 0.573 e. The molecule has 1 rings (SSSR count). The highest BCUT2D eigenvalue weighted by molar-refractivity contribution is 5.29. The molecule has 2 N–H and O–H groups in total. The number of nitrogens with one attached hydrogen (secondary N) is 1. The Morgan fingerprint density at radius 3 is 2.25 bits per heavy atom. The Hall–Kier alpha value is -1.27. The molecule has 2 atom stereocenters. The molecule has 0 saturated carbocycles. The Labute approximate surface area is 116 Å². The maximum absolute atomic E-state index is 12.0. The number of aliphatic hydroxyl groups is 1. The summed E-state index contributed by atoms with van der Waals surface area (Å²) >= 11 is 0. The second-order valence-corrected chi connectivity index (χ2v) is 5.07. The van der Waals surface area contributed by atoms with Crippen molar-refractivity contribution in [3.05, 3.63) is 29.8 Å². The molecular formula is C14H20F3NO2. The SMILES string of the molecule is CCC(C)(O)CNC(C)c1ccc(OC(F)(F)F)cc1. The van der Waals surface area contributed by atoms with Crippen molar-refractivity contribution in [2.45, 2.75) is 45.2 Å². The lowest BCUT2D eigenvalue weighted by molar-refractivity contribution is -0.274. The first-order chi connectivity index (χ1) is 9.13. The monoisotopic (exact) mass is 291 g/mol. The third kappa shape index (κ3) is 5.79. The summed E-state index contributed by atoms with van der Waals surface area (Å²) < 4.78 is 39.9. The minimum atomic E-state index is -4.68. The Morgan fingerprint density at radius 1 is 1.25 bits per heavy atom. The molecule has 0 saturated heterocycles. The Morgan fingerprint density at radius 2 is 1.80 bits per heavy atom. The van der Waals surface area contributed by atoms with E-state index in [-0.39, 0.29) is 11.8 Å². The van der Waals surface area contributed by atoms with Crippen molar-refractivity contribution >= 4 is 0 Å². The first kappa shape index (κ1) is 16.8. The van der Waals surface area contributed by atoms with E-state index >= 15 is 0 Å². The van der Waals surface area contributed by atoms with E-state index in [4.69, 9.17) is 0 Å². The predicted octanol–water partition coefficient (Wildman–Crippen LogP) is 3.40. The van der Waals surface area contributed by atoms with Gasteiger partial charge in [-0.1, -0.05) is 19.1 Å². The zero-order chi connectivity index (χ0) is 15.4. The van der Waals surface area contributed by atoms with Crippen LogP contribution in [-0.4, -0.2) is 23.6 Å². The summed E-state index contributed by atoms with van der Waals surface area (Å²) in [6.45, 7) is 5.90. The van der Waals surface area contributed by atoms with Gasteiger partial charge in [0.15, 0.2) is 0 Å². The van der Waals surface area contributed by atoms with Gasteiger partial charge in [0.25, 0.3) is 0 Å². The van der Waals surface area contributed by atoms with E-state index in [0.717, 1.165) is 5.56 Å². The van der Waals surface area contributed by atoms with E-state index in [1.165, 1.54) is 12.1 Å². The number of hydrogen-bond donors (Lipinski definition) is 2. The van der Waals surface area contributed by atoms with Crippen molar-refractivity contribution in [1.29, 1.82) is 0 Å². The number of benzene rings is 1. The van der Waals surface area contributed by atoms with Gasteiger partial charge in [-0.2, -0.15) is 0 Å². The molecule has 20 heavy (non-hydrogen) atoms. The predicted molar refractivity (Wildman–Crippen MR) is 70.5 cm³/mol. The molecule has 6 heteroatoms. The van der Waals surface area contributed by atoms with Gasteiger partial charge >= 0.3 is 6.36 Å². The maximum Gasteiger partial charge on any atom is 0.573 e. The van der Waals surface area contributed by atoms with E-state index in [1.54, 1.807) is 19.1 Å². The van der Waals surface area contributed by atoms with Gasteiger partial charge in [-0.05, 0) is 38.0 Å². The molecule has 0 radical (unpaired) electrons. The molecule has 0 aliphatic carbocycles. The van der Waals surface area contributed by atoms with Crippen LogP contribution in [0.25, 0.3) is 0 Å². The van der Waals surface area contributed by atoms with Crippen LogP contribution in [0.15, 0.2) is 24.3 Å². The summed E-state index contributed by atoms with van der Waals surface area (Å²) in [4.78, 5) is 0. The smallest absolute Gasteiger partial charge is 0.406 e. The third-order valence-corrected chi connectivity index (χ3v) is 3.16. The lowest BCUT2D eigenvalue weighted by Crippen LogP contribution is -2.38. The van der Waals surface area contributed by atoms with Crippen molar-refractivity contribution in [1.82, 2.24) is 5.32 Å². The number of hydrogen-bond acceptors (Lipinski definition) is 3.